The average Bonchev–Trinajstić information content (AvgIpc) is 3.40. The van der Waals surface area contributed by atoms with Crippen LogP contribution in [-0.4, -0.2) is 21.3 Å². The summed E-state index contributed by atoms with van der Waals surface area (Å²) in [6, 6.07) is 13.1. The minimum absolute atomic E-state index is 0.129. The number of thiophene rings is 1. The normalized spacial score (nSPS) is 10.8. The van der Waals surface area contributed by atoms with E-state index >= 15 is 0 Å². The van der Waals surface area contributed by atoms with Crippen molar-refractivity contribution < 1.29 is 18.5 Å². The molecular weight excluding hydrogens is 354 g/mol. The monoisotopic (exact) mass is 367 g/mol. The molecule has 0 saturated heterocycles. The summed E-state index contributed by atoms with van der Waals surface area (Å²) in [6.07, 6.45) is 0. The quantitative estimate of drug-likeness (QED) is 0.490. The van der Waals surface area contributed by atoms with Crippen molar-refractivity contribution in [1.29, 1.82) is 0 Å². The molecule has 3 heterocycles. The highest BCUT2D eigenvalue weighted by Gasteiger charge is 2.23. The molecule has 0 radical (unpaired) electrons. The van der Waals surface area contributed by atoms with E-state index in [1.807, 2.05) is 47.8 Å². The first-order chi connectivity index (χ1) is 12.7. The van der Waals surface area contributed by atoms with Gasteiger partial charge in [0.25, 0.3) is 11.8 Å². The molecule has 0 unspecified atom stereocenters. The third kappa shape index (κ3) is 3.14. The van der Waals surface area contributed by atoms with Crippen LogP contribution in [0.2, 0.25) is 0 Å². The van der Waals surface area contributed by atoms with Crippen LogP contribution in [0.5, 0.6) is 0 Å². The summed E-state index contributed by atoms with van der Waals surface area (Å²) in [7, 11) is 0. The van der Waals surface area contributed by atoms with Gasteiger partial charge in [-0.25, -0.2) is 4.79 Å². The van der Waals surface area contributed by atoms with Crippen molar-refractivity contribution in [2.75, 3.05) is 0 Å². The van der Waals surface area contributed by atoms with Crippen LogP contribution < -0.4 is 0 Å². The summed E-state index contributed by atoms with van der Waals surface area (Å²) >= 11 is 1.49. The van der Waals surface area contributed by atoms with Gasteiger partial charge in [-0.15, -0.1) is 21.5 Å². The number of hydrogen-bond donors (Lipinski definition) is 0. The predicted octanol–water partition coefficient (Wildman–Crippen LogP) is 4.12. The van der Waals surface area contributed by atoms with Crippen LogP contribution in [-0.2, 0) is 11.3 Å². The highest BCUT2D eigenvalue weighted by Crippen LogP contribution is 2.26. The molecule has 0 N–H and O–H groups in total. The van der Waals surface area contributed by atoms with E-state index in [4.69, 9.17) is 13.7 Å². The van der Waals surface area contributed by atoms with Gasteiger partial charge in [-0.1, -0.05) is 41.6 Å². The molecule has 0 saturated carbocycles. The van der Waals surface area contributed by atoms with E-state index in [1.165, 1.54) is 11.3 Å². The van der Waals surface area contributed by atoms with Gasteiger partial charge in [-0.05, 0) is 18.4 Å². The van der Waals surface area contributed by atoms with Gasteiger partial charge in [0.15, 0.2) is 6.61 Å². The smallest absolute Gasteiger partial charge is 0.344 e. The van der Waals surface area contributed by atoms with Gasteiger partial charge >= 0.3 is 5.97 Å². The second-order valence-corrected chi connectivity index (χ2v) is 6.33. The minimum atomic E-state index is -0.557. The van der Waals surface area contributed by atoms with E-state index in [1.54, 1.807) is 6.92 Å². The summed E-state index contributed by atoms with van der Waals surface area (Å²) in [5.41, 5.74) is 1.50. The van der Waals surface area contributed by atoms with Crippen LogP contribution in [0, 0.1) is 6.92 Å². The molecule has 1 aromatic carbocycles. The van der Waals surface area contributed by atoms with Gasteiger partial charge in [-0.2, -0.15) is 0 Å². The molecule has 8 heteroatoms. The lowest BCUT2D eigenvalue weighted by Gasteiger charge is -2.03. The van der Waals surface area contributed by atoms with Gasteiger partial charge < -0.3 is 13.7 Å². The molecule has 0 spiro atoms. The summed E-state index contributed by atoms with van der Waals surface area (Å²) in [5.74, 6) is 0.450. The maximum absolute atomic E-state index is 12.5. The molecular formula is C18H13N3O4S. The summed E-state index contributed by atoms with van der Waals surface area (Å²) < 4.78 is 16.0. The first-order valence-electron chi connectivity index (χ1n) is 7.77. The Morgan fingerprint density at radius 1 is 1.15 bits per heavy atom. The molecule has 0 aliphatic carbocycles. The van der Waals surface area contributed by atoms with Crippen molar-refractivity contribution in [2.24, 2.45) is 0 Å². The fourth-order valence-electron chi connectivity index (χ4n) is 2.42. The number of rotatable bonds is 5. The number of nitrogens with zero attached hydrogens (tertiary/aromatic N) is 3. The molecule has 0 bridgehead atoms. The second-order valence-electron chi connectivity index (χ2n) is 5.38. The number of aryl methyl sites for hydroxylation is 1. The van der Waals surface area contributed by atoms with Crippen molar-refractivity contribution in [3.63, 3.8) is 0 Å². The fraction of sp³-hybridized carbons (Fsp3) is 0.111. The number of hydrogen-bond acceptors (Lipinski definition) is 8. The van der Waals surface area contributed by atoms with Gasteiger partial charge in [0.2, 0.25) is 0 Å². The van der Waals surface area contributed by atoms with E-state index in [9.17, 15) is 4.79 Å². The maximum Gasteiger partial charge on any atom is 0.344 e. The molecule has 4 aromatic rings. The second kappa shape index (κ2) is 6.93. The number of carbonyl (C=O) groups is 1. The third-order valence-corrected chi connectivity index (χ3v) is 4.50. The summed E-state index contributed by atoms with van der Waals surface area (Å²) in [6.45, 7) is 1.54. The van der Waals surface area contributed by atoms with E-state index in [0.717, 1.165) is 10.4 Å². The Balaban J connectivity index is 1.50. The molecule has 26 heavy (non-hydrogen) atoms. The maximum atomic E-state index is 12.5. The van der Waals surface area contributed by atoms with Gasteiger partial charge in [0, 0.05) is 5.56 Å². The first-order valence-corrected chi connectivity index (χ1v) is 8.65. The molecule has 4 rings (SSSR count). The van der Waals surface area contributed by atoms with Crippen LogP contribution >= 0.6 is 11.3 Å². The van der Waals surface area contributed by atoms with Crippen LogP contribution in [0.25, 0.3) is 22.0 Å². The zero-order valence-electron chi connectivity index (χ0n) is 13.7. The molecule has 0 amide bonds. The number of aromatic nitrogens is 3. The van der Waals surface area contributed by atoms with Crippen molar-refractivity contribution in [3.8, 4) is 22.0 Å². The number of ether oxygens (including phenoxy) is 1. The van der Waals surface area contributed by atoms with Crippen LogP contribution in [0.3, 0.4) is 0 Å². The van der Waals surface area contributed by atoms with Gasteiger partial charge in [0.1, 0.15) is 17.0 Å². The molecule has 0 atom stereocenters. The van der Waals surface area contributed by atoms with Gasteiger partial charge in [0.05, 0.1) is 4.88 Å². The molecule has 7 nitrogen and oxygen atoms in total. The summed E-state index contributed by atoms with van der Waals surface area (Å²) in [4.78, 5) is 13.4. The number of esters is 1. The highest BCUT2D eigenvalue weighted by atomic mass is 32.1. The standard InChI is InChI=1S/C18H13N3O4S/c1-11-15(16(21-25-11)12-6-3-2-4-7-12)18(22)23-10-14-19-20-17(24-14)13-8-5-9-26-13/h2-9H,10H2,1H3. The predicted molar refractivity (Wildman–Crippen MR) is 93.4 cm³/mol. The van der Waals surface area contributed by atoms with E-state index in [0.29, 0.717) is 17.3 Å². The van der Waals surface area contributed by atoms with Gasteiger partial charge in [-0.3, -0.25) is 0 Å². The van der Waals surface area contributed by atoms with Crippen molar-refractivity contribution >= 4 is 17.3 Å². The number of benzene rings is 1. The van der Waals surface area contributed by atoms with Crippen LogP contribution in [0.1, 0.15) is 22.0 Å². The zero-order chi connectivity index (χ0) is 17.9. The lowest BCUT2D eigenvalue weighted by Crippen LogP contribution is -2.07. The van der Waals surface area contributed by atoms with E-state index < -0.39 is 5.97 Å². The zero-order valence-corrected chi connectivity index (χ0v) is 14.5. The Morgan fingerprint density at radius 3 is 2.77 bits per heavy atom. The van der Waals surface area contributed by atoms with Crippen molar-refractivity contribution in [1.82, 2.24) is 15.4 Å². The third-order valence-electron chi connectivity index (χ3n) is 3.64. The largest absolute Gasteiger partial charge is 0.452 e. The van der Waals surface area contributed by atoms with E-state index in [-0.39, 0.29) is 18.1 Å². The summed E-state index contributed by atoms with van der Waals surface area (Å²) in [5, 5.41) is 13.7. The van der Waals surface area contributed by atoms with E-state index in [2.05, 4.69) is 15.4 Å². The molecule has 0 aliphatic rings. The van der Waals surface area contributed by atoms with Crippen molar-refractivity contribution in [3.05, 3.63) is 65.1 Å². The number of carbonyl (C=O) groups excluding carboxylic acids is 1. The Hall–Kier alpha value is -3.26. The minimum Gasteiger partial charge on any atom is -0.452 e. The Morgan fingerprint density at radius 2 is 2.00 bits per heavy atom. The first kappa shape index (κ1) is 16.2. The van der Waals surface area contributed by atoms with Crippen molar-refractivity contribution in [2.45, 2.75) is 13.5 Å². The SMILES string of the molecule is Cc1onc(-c2ccccc2)c1C(=O)OCc1nnc(-c2cccs2)o1. The Labute approximate surface area is 152 Å². The van der Waals surface area contributed by atoms with Crippen LogP contribution in [0.15, 0.2) is 56.8 Å². The van der Waals surface area contributed by atoms with Crippen LogP contribution in [0.4, 0.5) is 0 Å². The highest BCUT2D eigenvalue weighted by molar-refractivity contribution is 7.13. The molecule has 130 valence electrons. The molecule has 0 aliphatic heterocycles. The average molecular weight is 367 g/mol. The molecule has 0 fully saturated rings. The topological polar surface area (TPSA) is 91.2 Å². The Kier molecular flexibility index (Phi) is 4.32. The Bertz CT molecular complexity index is 1020. The lowest BCUT2D eigenvalue weighted by atomic mass is 10.1. The fourth-order valence-corrected chi connectivity index (χ4v) is 3.06. The lowest BCUT2D eigenvalue weighted by molar-refractivity contribution is 0.0437. The molecule has 3 aromatic heterocycles.